The summed E-state index contributed by atoms with van der Waals surface area (Å²) in [7, 11) is 3.32. The fraction of sp³-hybridized carbons (Fsp3) is 0.321. The van der Waals surface area contributed by atoms with E-state index in [0.717, 1.165) is 17.9 Å². The van der Waals surface area contributed by atoms with Crippen molar-refractivity contribution in [1.82, 2.24) is 15.3 Å². The number of fused-ring (bicyclic) bond motifs is 1. The topological polar surface area (TPSA) is 109 Å². The van der Waals surface area contributed by atoms with Crippen molar-refractivity contribution in [2.24, 2.45) is 0 Å². The van der Waals surface area contributed by atoms with Crippen LogP contribution in [0.5, 0.6) is 17.2 Å². The molecule has 1 heterocycles. The standard InChI is InChI=1S/C28H33N3O5/c1-18(29-16-21(32)17-36-26-6-4-5-25-27(26)31-28(33)30-25)15-24(19-7-11-22(34-2)12-8-19)20-9-13-23(35-3)14-10-20/h4-14,18,21,24,29,32H,15-17H2,1-3H3,(H2,30,31,33)/t18-,21-/m0/s1. The molecular weight excluding hydrogens is 458 g/mol. The predicted molar refractivity (Wildman–Crippen MR) is 140 cm³/mol. The Balaban J connectivity index is 1.37. The second-order valence-electron chi connectivity index (χ2n) is 8.87. The van der Waals surface area contributed by atoms with Crippen LogP contribution >= 0.6 is 0 Å². The molecule has 4 rings (SSSR count). The van der Waals surface area contributed by atoms with Crippen molar-refractivity contribution in [3.63, 3.8) is 0 Å². The third-order valence-electron chi connectivity index (χ3n) is 6.27. The number of rotatable bonds is 12. The van der Waals surface area contributed by atoms with Gasteiger partial charge in [0.15, 0.2) is 0 Å². The van der Waals surface area contributed by atoms with Gasteiger partial charge < -0.3 is 34.6 Å². The molecule has 0 aliphatic heterocycles. The number of hydrogen-bond acceptors (Lipinski definition) is 6. The number of para-hydroxylation sites is 1. The molecule has 0 saturated carbocycles. The highest BCUT2D eigenvalue weighted by Crippen LogP contribution is 2.31. The number of H-pyrrole nitrogens is 2. The van der Waals surface area contributed by atoms with E-state index in [1.165, 1.54) is 11.1 Å². The highest BCUT2D eigenvalue weighted by molar-refractivity contribution is 5.81. The molecule has 0 bridgehead atoms. The van der Waals surface area contributed by atoms with Crippen molar-refractivity contribution >= 4 is 11.0 Å². The van der Waals surface area contributed by atoms with E-state index < -0.39 is 6.10 Å². The van der Waals surface area contributed by atoms with Crippen molar-refractivity contribution in [2.45, 2.75) is 31.4 Å². The van der Waals surface area contributed by atoms with Gasteiger partial charge in [-0.25, -0.2) is 4.79 Å². The molecular formula is C28H33N3O5. The molecule has 4 aromatic rings. The molecule has 2 atom stereocenters. The Morgan fingerprint density at radius 1 is 0.889 bits per heavy atom. The zero-order valence-corrected chi connectivity index (χ0v) is 20.8. The van der Waals surface area contributed by atoms with Gasteiger partial charge in [0.25, 0.3) is 0 Å². The number of benzene rings is 3. The van der Waals surface area contributed by atoms with E-state index in [2.05, 4.69) is 46.5 Å². The molecule has 1 aromatic heterocycles. The van der Waals surface area contributed by atoms with Crippen LogP contribution in [-0.4, -0.2) is 54.6 Å². The van der Waals surface area contributed by atoms with Gasteiger partial charge in [-0.05, 0) is 60.9 Å². The summed E-state index contributed by atoms with van der Waals surface area (Å²) in [4.78, 5) is 17.0. The van der Waals surface area contributed by atoms with Gasteiger partial charge in [0.2, 0.25) is 0 Å². The van der Waals surface area contributed by atoms with Crippen LogP contribution in [0.4, 0.5) is 0 Å². The van der Waals surface area contributed by atoms with Gasteiger partial charge in [-0.15, -0.1) is 0 Å². The molecule has 36 heavy (non-hydrogen) atoms. The normalized spacial score (nSPS) is 13.0. The van der Waals surface area contributed by atoms with E-state index in [9.17, 15) is 9.90 Å². The van der Waals surface area contributed by atoms with Crippen LogP contribution in [0.3, 0.4) is 0 Å². The number of hydrogen-bond donors (Lipinski definition) is 4. The maximum Gasteiger partial charge on any atom is 0.323 e. The van der Waals surface area contributed by atoms with Crippen molar-refractivity contribution in [1.29, 1.82) is 0 Å². The second kappa shape index (κ2) is 11.8. The number of nitrogens with one attached hydrogen (secondary N) is 3. The number of imidazole rings is 1. The third-order valence-corrected chi connectivity index (χ3v) is 6.27. The highest BCUT2D eigenvalue weighted by Gasteiger charge is 2.19. The van der Waals surface area contributed by atoms with Gasteiger partial charge in [-0.1, -0.05) is 30.3 Å². The first kappa shape index (κ1) is 25.3. The van der Waals surface area contributed by atoms with E-state index >= 15 is 0 Å². The average Bonchev–Trinajstić information content (AvgIpc) is 3.30. The van der Waals surface area contributed by atoms with Gasteiger partial charge in [0.1, 0.15) is 35.5 Å². The van der Waals surface area contributed by atoms with Crippen LogP contribution in [0, 0.1) is 0 Å². The lowest BCUT2D eigenvalue weighted by molar-refractivity contribution is 0.104. The monoisotopic (exact) mass is 491 g/mol. The van der Waals surface area contributed by atoms with Crippen LogP contribution in [0.2, 0.25) is 0 Å². The molecule has 0 radical (unpaired) electrons. The first-order chi connectivity index (χ1) is 17.5. The Kier molecular flexibility index (Phi) is 8.30. The predicted octanol–water partition coefficient (Wildman–Crippen LogP) is 3.81. The number of aliphatic hydroxyl groups excluding tert-OH is 1. The van der Waals surface area contributed by atoms with Crippen LogP contribution in [0.15, 0.2) is 71.5 Å². The molecule has 4 N–H and O–H groups in total. The zero-order chi connectivity index (χ0) is 25.5. The Bertz CT molecular complexity index is 1250. The Morgan fingerprint density at radius 2 is 1.50 bits per heavy atom. The Hall–Kier alpha value is -3.75. The number of methoxy groups -OCH3 is 2. The molecule has 8 heteroatoms. The fourth-order valence-electron chi connectivity index (χ4n) is 4.31. The molecule has 0 aliphatic carbocycles. The molecule has 0 aliphatic rings. The van der Waals surface area contributed by atoms with Crippen LogP contribution in [-0.2, 0) is 0 Å². The average molecular weight is 492 g/mol. The smallest absolute Gasteiger partial charge is 0.323 e. The second-order valence-corrected chi connectivity index (χ2v) is 8.87. The van der Waals surface area contributed by atoms with Gasteiger partial charge in [-0.2, -0.15) is 0 Å². The minimum absolute atomic E-state index is 0.104. The van der Waals surface area contributed by atoms with E-state index in [1.807, 2.05) is 24.3 Å². The Morgan fingerprint density at radius 3 is 2.08 bits per heavy atom. The summed E-state index contributed by atoms with van der Waals surface area (Å²) >= 11 is 0. The van der Waals surface area contributed by atoms with Gasteiger partial charge in [0.05, 0.1) is 19.7 Å². The fourth-order valence-corrected chi connectivity index (χ4v) is 4.31. The number of aromatic nitrogens is 2. The third kappa shape index (κ3) is 6.27. The molecule has 8 nitrogen and oxygen atoms in total. The van der Waals surface area contributed by atoms with E-state index in [4.69, 9.17) is 14.2 Å². The van der Waals surface area contributed by atoms with Gasteiger partial charge >= 0.3 is 5.69 Å². The summed E-state index contributed by atoms with van der Waals surface area (Å²) in [5.41, 5.74) is 3.35. The molecule has 0 spiro atoms. The summed E-state index contributed by atoms with van der Waals surface area (Å²) in [5.74, 6) is 2.32. The molecule has 0 saturated heterocycles. The quantitative estimate of drug-likeness (QED) is 0.240. The SMILES string of the molecule is COc1ccc(C(C[C@H](C)NC[C@H](O)COc2cccc3[nH]c(=O)[nH]c23)c2ccc(OC)cc2)cc1. The van der Waals surface area contributed by atoms with E-state index in [0.29, 0.717) is 23.3 Å². The first-order valence-corrected chi connectivity index (χ1v) is 12.0. The van der Waals surface area contributed by atoms with Crippen molar-refractivity contribution in [3.05, 3.63) is 88.3 Å². The van der Waals surface area contributed by atoms with Crippen LogP contribution in [0.1, 0.15) is 30.4 Å². The molecule has 0 fully saturated rings. The maximum atomic E-state index is 11.6. The van der Waals surface area contributed by atoms with Crippen LogP contribution < -0.4 is 25.2 Å². The van der Waals surface area contributed by atoms with Crippen LogP contribution in [0.25, 0.3) is 11.0 Å². The van der Waals surface area contributed by atoms with E-state index in [1.54, 1.807) is 32.4 Å². The Labute approximate surface area is 210 Å². The summed E-state index contributed by atoms with van der Waals surface area (Å²) < 4.78 is 16.4. The molecule has 3 aromatic carbocycles. The minimum Gasteiger partial charge on any atom is -0.497 e. The minimum atomic E-state index is -0.714. The molecule has 0 amide bonds. The van der Waals surface area contributed by atoms with E-state index in [-0.39, 0.29) is 24.3 Å². The molecule has 190 valence electrons. The summed E-state index contributed by atoms with van der Waals surface area (Å²) in [5, 5.41) is 14.0. The number of aliphatic hydroxyl groups is 1. The lowest BCUT2D eigenvalue weighted by atomic mass is 9.86. The lowest BCUT2D eigenvalue weighted by Crippen LogP contribution is -2.37. The first-order valence-electron chi connectivity index (χ1n) is 12.0. The largest absolute Gasteiger partial charge is 0.497 e. The number of ether oxygens (including phenoxy) is 3. The van der Waals surface area contributed by atoms with Crippen molar-refractivity contribution in [3.8, 4) is 17.2 Å². The lowest BCUT2D eigenvalue weighted by Gasteiger charge is -2.24. The highest BCUT2D eigenvalue weighted by atomic mass is 16.5. The summed E-state index contributed by atoms with van der Waals surface area (Å²) in [6.07, 6.45) is 0.115. The van der Waals surface area contributed by atoms with Crippen molar-refractivity contribution < 1.29 is 19.3 Å². The maximum absolute atomic E-state index is 11.6. The van der Waals surface area contributed by atoms with Gasteiger partial charge in [-0.3, -0.25) is 0 Å². The molecule has 0 unspecified atom stereocenters. The number of aromatic amines is 2. The zero-order valence-electron chi connectivity index (χ0n) is 20.8. The van der Waals surface area contributed by atoms with Gasteiger partial charge in [0, 0.05) is 18.5 Å². The van der Waals surface area contributed by atoms with Crippen molar-refractivity contribution in [2.75, 3.05) is 27.4 Å². The summed E-state index contributed by atoms with van der Waals surface area (Å²) in [6.45, 7) is 2.59. The summed E-state index contributed by atoms with van der Waals surface area (Å²) in [6, 6.07) is 21.8.